The van der Waals surface area contributed by atoms with Gasteiger partial charge in [-0.1, -0.05) is 19.1 Å². The van der Waals surface area contributed by atoms with Gasteiger partial charge in [0.1, 0.15) is 23.8 Å². The molecule has 2 aromatic heterocycles. The Labute approximate surface area is 202 Å². The maximum Gasteiger partial charge on any atom is 0.303 e. The highest BCUT2D eigenvalue weighted by molar-refractivity contribution is 5.93. The fraction of sp³-hybridized carbons (Fsp3) is 0.375. The van der Waals surface area contributed by atoms with Gasteiger partial charge in [0.2, 0.25) is 5.91 Å². The largest absolute Gasteiger partial charge is 0.481 e. The smallest absolute Gasteiger partial charge is 0.303 e. The number of amides is 1. The van der Waals surface area contributed by atoms with Crippen molar-refractivity contribution in [2.75, 3.05) is 11.9 Å². The van der Waals surface area contributed by atoms with E-state index < -0.39 is 5.97 Å². The molecule has 3 heterocycles. The summed E-state index contributed by atoms with van der Waals surface area (Å²) in [6, 6.07) is 9.87. The summed E-state index contributed by atoms with van der Waals surface area (Å²) in [5.74, 6) is -0.783. The first kappa shape index (κ1) is 27.4. The normalized spacial score (nSPS) is 16.5. The summed E-state index contributed by atoms with van der Waals surface area (Å²) >= 11 is 0. The second kappa shape index (κ2) is 13.7. The van der Waals surface area contributed by atoms with Gasteiger partial charge in [-0.3, -0.25) is 9.59 Å². The number of benzene rings is 1. The van der Waals surface area contributed by atoms with Crippen LogP contribution in [0.3, 0.4) is 0 Å². The number of hydrogen-bond donors (Lipinski definition) is 3. The number of nitriles is 1. The molecule has 35 heavy (non-hydrogen) atoms. The third kappa shape index (κ3) is 7.84. The molecule has 2 unspecified atom stereocenters. The number of nitrogens with one attached hydrogen (secondary N) is 1. The molecule has 0 saturated carbocycles. The van der Waals surface area contributed by atoms with Crippen LogP contribution in [-0.4, -0.2) is 49.4 Å². The second-order valence-electron chi connectivity index (χ2n) is 7.59. The Morgan fingerprint density at radius 1 is 1.23 bits per heavy atom. The number of hydrogen-bond acceptors (Lipinski definition) is 7. The zero-order chi connectivity index (χ0) is 25.8. The number of fused-ring (bicyclic) bond motifs is 1. The molecule has 4 rings (SSSR count). The molecule has 0 bridgehead atoms. The average Bonchev–Trinajstić information content (AvgIpc) is 3.53. The van der Waals surface area contributed by atoms with Crippen molar-refractivity contribution in [1.29, 1.82) is 5.26 Å². The minimum atomic E-state index is -0.745. The molecule has 2 atom stereocenters. The molecule has 1 aliphatic rings. The number of anilines is 1. The van der Waals surface area contributed by atoms with E-state index in [2.05, 4.69) is 22.0 Å². The van der Waals surface area contributed by atoms with Gasteiger partial charge in [0.25, 0.3) is 0 Å². The number of nitrogens with zero attached hydrogens (tertiary/aromatic N) is 4. The number of carbonyl (C=O) groups is 2. The summed E-state index contributed by atoms with van der Waals surface area (Å²) in [7, 11) is 0. The lowest BCUT2D eigenvalue weighted by atomic mass is 10.1. The molecule has 1 aliphatic heterocycles. The monoisotopic (exact) mass is 485 g/mol. The first-order valence-corrected chi connectivity index (χ1v) is 11.0. The lowest BCUT2D eigenvalue weighted by Gasteiger charge is -2.12. The van der Waals surface area contributed by atoms with Gasteiger partial charge in [0.15, 0.2) is 5.82 Å². The van der Waals surface area contributed by atoms with E-state index >= 15 is 0 Å². The topological polar surface area (TPSA) is 150 Å². The second-order valence-corrected chi connectivity index (χ2v) is 7.59. The summed E-state index contributed by atoms with van der Waals surface area (Å²) in [5.41, 5.74) is 2.45. The van der Waals surface area contributed by atoms with Gasteiger partial charge in [-0.05, 0) is 49.1 Å². The zero-order valence-electron chi connectivity index (χ0n) is 19.3. The third-order valence-electron chi connectivity index (χ3n) is 5.24. The van der Waals surface area contributed by atoms with E-state index in [0.29, 0.717) is 17.8 Å². The lowest BCUT2D eigenvalue weighted by Crippen LogP contribution is -2.15. The molecule has 3 aromatic rings. The van der Waals surface area contributed by atoms with E-state index in [1.807, 2.05) is 12.1 Å². The highest BCUT2D eigenvalue weighted by atomic mass is 19.1. The number of aliphatic carboxylic acids is 1. The molecular weight excluding hydrogens is 457 g/mol. The van der Waals surface area contributed by atoms with E-state index in [1.165, 1.54) is 18.5 Å². The van der Waals surface area contributed by atoms with Crippen LogP contribution in [-0.2, 0) is 20.7 Å². The van der Waals surface area contributed by atoms with Gasteiger partial charge in [0, 0.05) is 19.4 Å². The SMILES string of the molecule is C#N.CCC(=O)O.O=C(CCc1ccc(F)cc1)Nc1ncnn2c(C3CCC(CO)O3)ccc12. The predicted molar refractivity (Wildman–Crippen MR) is 125 cm³/mol. The van der Waals surface area contributed by atoms with E-state index in [4.69, 9.17) is 15.1 Å². The molecule has 10 nitrogen and oxygen atoms in total. The quantitative estimate of drug-likeness (QED) is 0.461. The summed E-state index contributed by atoms with van der Waals surface area (Å²) in [6.07, 6.45) is 3.70. The van der Waals surface area contributed by atoms with Crippen molar-refractivity contribution in [2.45, 2.75) is 51.2 Å². The fourth-order valence-electron chi connectivity index (χ4n) is 3.46. The Hall–Kier alpha value is -3.88. The Balaban J connectivity index is 0.000000551. The van der Waals surface area contributed by atoms with Crippen LogP contribution in [0.1, 0.15) is 50.0 Å². The van der Waals surface area contributed by atoms with Crippen molar-refractivity contribution in [3.8, 4) is 6.57 Å². The van der Waals surface area contributed by atoms with Gasteiger partial charge in [0.05, 0.1) is 18.4 Å². The highest BCUT2D eigenvalue weighted by Crippen LogP contribution is 2.33. The van der Waals surface area contributed by atoms with Gasteiger partial charge in [-0.15, -0.1) is 0 Å². The van der Waals surface area contributed by atoms with Crippen LogP contribution in [0.15, 0.2) is 42.7 Å². The van der Waals surface area contributed by atoms with Crippen LogP contribution in [0.2, 0.25) is 0 Å². The van der Waals surface area contributed by atoms with Crippen LogP contribution in [0.25, 0.3) is 5.52 Å². The van der Waals surface area contributed by atoms with Crippen molar-refractivity contribution in [3.05, 3.63) is 59.8 Å². The number of halogens is 1. The number of carboxylic acids is 1. The van der Waals surface area contributed by atoms with Gasteiger partial charge < -0.3 is 20.3 Å². The van der Waals surface area contributed by atoms with Gasteiger partial charge in [-0.2, -0.15) is 5.10 Å². The summed E-state index contributed by atoms with van der Waals surface area (Å²) in [4.78, 5) is 25.9. The highest BCUT2D eigenvalue weighted by Gasteiger charge is 2.28. The number of carbonyl (C=O) groups excluding carboxylic acids is 1. The Morgan fingerprint density at radius 3 is 2.51 bits per heavy atom. The van der Waals surface area contributed by atoms with E-state index in [0.717, 1.165) is 24.1 Å². The molecule has 1 saturated heterocycles. The lowest BCUT2D eigenvalue weighted by molar-refractivity contribution is -0.136. The molecule has 0 aliphatic carbocycles. The van der Waals surface area contributed by atoms with Crippen LogP contribution >= 0.6 is 0 Å². The van der Waals surface area contributed by atoms with Gasteiger partial charge in [-0.25, -0.2) is 19.2 Å². The van der Waals surface area contributed by atoms with Crippen LogP contribution in [0.4, 0.5) is 10.2 Å². The minimum absolute atomic E-state index is 0.00412. The van der Waals surface area contributed by atoms with Crippen LogP contribution in [0.5, 0.6) is 0 Å². The number of aromatic nitrogens is 3. The molecule has 0 spiro atoms. The van der Waals surface area contributed by atoms with E-state index in [1.54, 1.807) is 23.6 Å². The predicted octanol–water partition coefficient (Wildman–Crippen LogP) is 3.27. The van der Waals surface area contributed by atoms with Crippen molar-refractivity contribution < 1.29 is 28.9 Å². The maximum atomic E-state index is 13.0. The average molecular weight is 486 g/mol. The number of aryl methyl sites for hydroxylation is 1. The van der Waals surface area contributed by atoms with Crippen molar-refractivity contribution in [2.24, 2.45) is 0 Å². The van der Waals surface area contributed by atoms with Crippen molar-refractivity contribution >= 4 is 23.2 Å². The Bertz CT molecular complexity index is 1130. The molecule has 186 valence electrons. The molecule has 1 aromatic carbocycles. The number of aliphatic hydroxyl groups is 1. The maximum absolute atomic E-state index is 13.0. The first-order valence-electron chi connectivity index (χ1n) is 11.0. The molecule has 3 N–H and O–H groups in total. The van der Waals surface area contributed by atoms with Gasteiger partial charge >= 0.3 is 5.97 Å². The number of rotatable bonds is 7. The third-order valence-corrected chi connectivity index (χ3v) is 5.24. The Morgan fingerprint density at radius 2 is 1.91 bits per heavy atom. The number of aliphatic hydroxyl groups excluding tert-OH is 1. The number of carboxylic acid groups (broad SMARTS) is 1. The molecule has 0 radical (unpaired) electrons. The molecular formula is C24H28FN5O5. The standard InChI is InChI=1S/C20H21FN4O3.C3H6O2.CHN/c21-14-4-1-13(2-5-14)3-10-19(27)24-20-17-8-7-16(25(17)23-12-22-20)18-9-6-15(11-26)28-18;1-2-3(4)5;1-2/h1-2,4-5,7-8,12,15,18,26H,3,6,9-11H2,(H,22,23,24,27);2H2,1H3,(H,4,5);1H. The summed E-state index contributed by atoms with van der Waals surface area (Å²) < 4.78 is 20.5. The van der Waals surface area contributed by atoms with E-state index in [9.17, 15) is 19.1 Å². The summed E-state index contributed by atoms with van der Waals surface area (Å²) in [5, 5.41) is 30.6. The fourth-order valence-corrected chi connectivity index (χ4v) is 3.46. The first-order chi connectivity index (χ1) is 16.9. The minimum Gasteiger partial charge on any atom is -0.481 e. The number of ether oxygens (including phenoxy) is 1. The zero-order valence-corrected chi connectivity index (χ0v) is 19.3. The van der Waals surface area contributed by atoms with E-state index in [-0.39, 0.29) is 43.4 Å². The van der Waals surface area contributed by atoms with Crippen molar-refractivity contribution in [3.63, 3.8) is 0 Å². The molecule has 11 heteroatoms. The summed E-state index contributed by atoms with van der Waals surface area (Å²) in [6.45, 7) is 5.10. The molecule has 1 fully saturated rings. The van der Waals surface area contributed by atoms with Crippen LogP contribution in [0, 0.1) is 17.7 Å². The van der Waals surface area contributed by atoms with Crippen LogP contribution < -0.4 is 5.32 Å². The Kier molecular flexibility index (Phi) is 10.7. The molecule has 1 amide bonds. The van der Waals surface area contributed by atoms with Crippen molar-refractivity contribution in [1.82, 2.24) is 14.6 Å².